The van der Waals surface area contributed by atoms with E-state index in [4.69, 9.17) is 4.74 Å². The van der Waals surface area contributed by atoms with Crippen LogP contribution < -0.4 is 16.0 Å². The number of carbonyl (C=O) groups is 3. The highest BCUT2D eigenvalue weighted by Crippen LogP contribution is 2.35. The van der Waals surface area contributed by atoms with Crippen LogP contribution in [0, 0.1) is 5.92 Å². The molecule has 7 nitrogen and oxygen atoms in total. The van der Waals surface area contributed by atoms with Crippen molar-refractivity contribution in [2.45, 2.75) is 57.6 Å². The summed E-state index contributed by atoms with van der Waals surface area (Å²) in [6.45, 7) is 5.35. The lowest BCUT2D eigenvalue weighted by molar-refractivity contribution is -0.125. The molecule has 1 atom stereocenters. The molecule has 4 amide bonds. The van der Waals surface area contributed by atoms with Gasteiger partial charge in [-0.3, -0.25) is 10.1 Å². The first kappa shape index (κ1) is 15.6. The van der Waals surface area contributed by atoms with Crippen molar-refractivity contribution in [2.24, 2.45) is 5.92 Å². The van der Waals surface area contributed by atoms with Crippen LogP contribution in [-0.4, -0.2) is 35.7 Å². The Morgan fingerprint density at radius 3 is 2.43 bits per heavy atom. The van der Waals surface area contributed by atoms with E-state index >= 15 is 0 Å². The van der Waals surface area contributed by atoms with Crippen molar-refractivity contribution in [3.63, 3.8) is 0 Å². The number of hydrogen-bond acceptors (Lipinski definition) is 4. The maximum absolute atomic E-state index is 12.2. The van der Waals surface area contributed by atoms with Gasteiger partial charge in [0.15, 0.2) is 0 Å². The van der Waals surface area contributed by atoms with Crippen LogP contribution in [0.25, 0.3) is 0 Å². The molecular formula is C14H23N3O4. The maximum Gasteiger partial charge on any atom is 0.407 e. The minimum atomic E-state index is -1.05. The van der Waals surface area contributed by atoms with Crippen molar-refractivity contribution in [1.82, 2.24) is 16.0 Å². The molecular weight excluding hydrogens is 274 g/mol. The van der Waals surface area contributed by atoms with Crippen LogP contribution in [-0.2, 0) is 9.53 Å². The molecule has 0 aromatic heterocycles. The minimum absolute atomic E-state index is 0.0406. The van der Waals surface area contributed by atoms with Crippen molar-refractivity contribution in [1.29, 1.82) is 0 Å². The molecule has 21 heavy (non-hydrogen) atoms. The molecule has 0 spiro atoms. The fraction of sp³-hybridized carbons (Fsp3) is 0.786. The molecule has 2 fully saturated rings. The van der Waals surface area contributed by atoms with Crippen molar-refractivity contribution in [3.8, 4) is 0 Å². The van der Waals surface area contributed by atoms with Crippen LogP contribution in [0.3, 0.4) is 0 Å². The lowest BCUT2D eigenvalue weighted by Crippen LogP contribution is -2.59. The summed E-state index contributed by atoms with van der Waals surface area (Å²) >= 11 is 0. The van der Waals surface area contributed by atoms with Gasteiger partial charge in [-0.25, -0.2) is 9.59 Å². The maximum atomic E-state index is 12.2. The largest absolute Gasteiger partial charge is 0.444 e. The molecule has 2 aliphatic rings. The Labute approximate surface area is 124 Å². The Kier molecular flexibility index (Phi) is 4.11. The van der Waals surface area contributed by atoms with E-state index in [1.165, 1.54) is 0 Å². The molecule has 7 heteroatoms. The first-order valence-corrected chi connectivity index (χ1v) is 7.33. The molecule has 0 aromatic rings. The van der Waals surface area contributed by atoms with Gasteiger partial charge < -0.3 is 15.4 Å². The Hall–Kier alpha value is -1.79. The topological polar surface area (TPSA) is 96.5 Å². The second-order valence-corrected chi connectivity index (χ2v) is 6.72. The Morgan fingerprint density at radius 1 is 1.33 bits per heavy atom. The molecule has 0 bridgehead atoms. The van der Waals surface area contributed by atoms with Gasteiger partial charge in [0.05, 0.1) is 6.54 Å². The zero-order chi connectivity index (χ0) is 15.7. The van der Waals surface area contributed by atoms with Gasteiger partial charge in [0.1, 0.15) is 11.1 Å². The molecule has 118 valence electrons. The van der Waals surface area contributed by atoms with E-state index in [1.807, 2.05) is 0 Å². The highest BCUT2D eigenvalue weighted by Gasteiger charge is 2.52. The first-order chi connectivity index (χ1) is 9.73. The lowest BCUT2D eigenvalue weighted by atomic mass is 9.82. The van der Waals surface area contributed by atoms with E-state index in [0.717, 1.165) is 25.7 Å². The van der Waals surface area contributed by atoms with E-state index < -0.39 is 23.3 Å². The third-order valence-corrected chi connectivity index (χ3v) is 3.93. The van der Waals surface area contributed by atoms with Crippen molar-refractivity contribution < 1.29 is 19.1 Å². The van der Waals surface area contributed by atoms with Crippen LogP contribution in [0.4, 0.5) is 9.59 Å². The van der Waals surface area contributed by atoms with Gasteiger partial charge in [0.2, 0.25) is 0 Å². The molecule has 1 saturated heterocycles. The van der Waals surface area contributed by atoms with Gasteiger partial charge in [-0.05, 0) is 39.5 Å². The van der Waals surface area contributed by atoms with Gasteiger partial charge in [-0.1, -0.05) is 12.8 Å². The number of hydrogen-bond donors (Lipinski definition) is 3. The Balaban J connectivity index is 2.05. The highest BCUT2D eigenvalue weighted by atomic mass is 16.6. The number of ether oxygens (including phenoxy) is 1. The van der Waals surface area contributed by atoms with Crippen LogP contribution in [0.1, 0.15) is 46.5 Å². The first-order valence-electron chi connectivity index (χ1n) is 7.33. The number of rotatable bonds is 3. The van der Waals surface area contributed by atoms with Crippen molar-refractivity contribution in [2.75, 3.05) is 6.54 Å². The highest BCUT2D eigenvalue weighted by molar-refractivity contribution is 6.07. The number of carbonyl (C=O) groups excluding carboxylic acids is 3. The van der Waals surface area contributed by atoms with E-state index in [0.29, 0.717) is 0 Å². The van der Waals surface area contributed by atoms with Gasteiger partial charge in [-0.2, -0.15) is 0 Å². The van der Waals surface area contributed by atoms with Crippen LogP contribution in [0.15, 0.2) is 0 Å². The molecule has 1 unspecified atom stereocenters. The normalized spacial score (nSPS) is 26.4. The molecule has 1 heterocycles. The van der Waals surface area contributed by atoms with E-state index in [-0.39, 0.29) is 18.4 Å². The molecule has 1 saturated carbocycles. The zero-order valence-corrected chi connectivity index (χ0v) is 12.7. The molecule has 0 aromatic carbocycles. The second-order valence-electron chi connectivity index (χ2n) is 6.72. The number of imide groups is 1. The fourth-order valence-corrected chi connectivity index (χ4v) is 3.01. The van der Waals surface area contributed by atoms with E-state index in [9.17, 15) is 14.4 Å². The summed E-state index contributed by atoms with van der Waals surface area (Å²) in [4.78, 5) is 35.5. The predicted molar refractivity (Wildman–Crippen MR) is 75.6 cm³/mol. The zero-order valence-electron chi connectivity index (χ0n) is 12.7. The summed E-state index contributed by atoms with van der Waals surface area (Å²) in [6.07, 6.45) is 3.20. The third-order valence-electron chi connectivity index (χ3n) is 3.93. The lowest BCUT2D eigenvalue weighted by Gasteiger charge is -2.32. The quantitative estimate of drug-likeness (QED) is 0.684. The van der Waals surface area contributed by atoms with Crippen molar-refractivity contribution >= 4 is 18.0 Å². The summed E-state index contributed by atoms with van der Waals surface area (Å²) in [7, 11) is 0. The van der Waals surface area contributed by atoms with Gasteiger partial charge in [0.25, 0.3) is 5.91 Å². The Bertz CT molecular complexity index is 452. The summed E-state index contributed by atoms with van der Waals surface area (Å²) in [5, 5.41) is 7.60. The van der Waals surface area contributed by atoms with Gasteiger partial charge in [-0.15, -0.1) is 0 Å². The average molecular weight is 297 g/mol. The van der Waals surface area contributed by atoms with Crippen LogP contribution in [0.5, 0.6) is 0 Å². The van der Waals surface area contributed by atoms with Crippen LogP contribution >= 0.6 is 0 Å². The molecule has 1 aliphatic carbocycles. The van der Waals surface area contributed by atoms with E-state index in [1.54, 1.807) is 20.8 Å². The third kappa shape index (κ3) is 3.46. The molecule has 0 radical (unpaired) electrons. The van der Waals surface area contributed by atoms with Gasteiger partial charge in [0, 0.05) is 0 Å². The smallest absolute Gasteiger partial charge is 0.407 e. The van der Waals surface area contributed by atoms with E-state index in [2.05, 4.69) is 16.0 Å². The van der Waals surface area contributed by atoms with Crippen LogP contribution in [0.2, 0.25) is 0 Å². The molecule has 3 N–H and O–H groups in total. The van der Waals surface area contributed by atoms with Crippen molar-refractivity contribution in [3.05, 3.63) is 0 Å². The summed E-state index contributed by atoms with van der Waals surface area (Å²) in [6, 6.07) is -0.502. The summed E-state index contributed by atoms with van der Waals surface area (Å²) in [5.41, 5.74) is -1.66. The average Bonchev–Trinajstić information content (AvgIpc) is 2.93. The summed E-state index contributed by atoms with van der Waals surface area (Å²) < 4.78 is 5.17. The number of amides is 4. The number of alkyl carbamates (subject to hydrolysis) is 1. The summed E-state index contributed by atoms with van der Waals surface area (Å²) in [5.74, 6) is -0.325. The SMILES string of the molecule is CC(C)(C)OC(=O)NCC1(C2CCCC2)NC(=O)NC1=O. The molecule has 2 rings (SSSR count). The number of nitrogens with one attached hydrogen (secondary N) is 3. The predicted octanol–water partition coefficient (Wildman–Crippen LogP) is 1.28. The standard InChI is InChI=1S/C14H23N3O4/c1-13(2,3)21-12(20)15-8-14(9-6-4-5-7-9)10(18)16-11(19)17-14/h9H,4-8H2,1-3H3,(H,15,20)(H2,16,17,18,19). The monoisotopic (exact) mass is 297 g/mol. The van der Waals surface area contributed by atoms with Gasteiger partial charge >= 0.3 is 12.1 Å². The number of urea groups is 1. The molecule has 1 aliphatic heterocycles. The second kappa shape index (κ2) is 5.54. The Morgan fingerprint density at radius 2 is 1.95 bits per heavy atom. The minimum Gasteiger partial charge on any atom is -0.444 e. The fourth-order valence-electron chi connectivity index (χ4n) is 3.01.